The number of phenolic OH excluding ortho intramolecular Hbond substituents is 1. The lowest BCUT2D eigenvalue weighted by atomic mass is 9.97. The highest BCUT2D eigenvalue weighted by molar-refractivity contribution is 5.68. The number of aliphatic hydroxyl groups is 1. The lowest BCUT2D eigenvalue weighted by Gasteiger charge is -2.14. The highest BCUT2D eigenvalue weighted by Crippen LogP contribution is 2.29. The lowest BCUT2D eigenvalue weighted by Crippen LogP contribution is -1.99. The summed E-state index contributed by atoms with van der Waals surface area (Å²) in [7, 11) is 0. The maximum absolute atomic E-state index is 10.2. The summed E-state index contributed by atoms with van der Waals surface area (Å²) < 4.78 is 0. The zero-order valence-corrected chi connectivity index (χ0v) is 9.38. The fraction of sp³-hybridized carbons (Fsp3) is 0.0667. The van der Waals surface area contributed by atoms with E-state index in [-0.39, 0.29) is 5.75 Å². The summed E-state index contributed by atoms with van der Waals surface area (Å²) in [5.74, 6) is 0.141. The number of aliphatic hydroxyl groups excluding tert-OH is 1. The van der Waals surface area contributed by atoms with E-state index >= 15 is 0 Å². The molecule has 0 saturated carbocycles. The summed E-state index contributed by atoms with van der Waals surface area (Å²) >= 11 is 0. The van der Waals surface area contributed by atoms with Crippen LogP contribution in [0.15, 0.2) is 61.2 Å². The van der Waals surface area contributed by atoms with Crippen LogP contribution in [-0.4, -0.2) is 10.2 Å². The summed E-state index contributed by atoms with van der Waals surface area (Å²) in [5.41, 5.74) is 2.15. The highest BCUT2D eigenvalue weighted by atomic mass is 16.3. The van der Waals surface area contributed by atoms with Crippen molar-refractivity contribution in [1.29, 1.82) is 0 Å². The molecule has 2 N–H and O–H groups in total. The zero-order chi connectivity index (χ0) is 12.3. The normalized spacial score (nSPS) is 12.1. The van der Waals surface area contributed by atoms with Crippen LogP contribution in [0.2, 0.25) is 0 Å². The van der Waals surface area contributed by atoms with Crippen LogP contribution in [0.3, 0.4) is 0 Å². The van der Waals surface area contributed by atoms with E-state index < -0.39 is 6.10 Å². The van der Waals surface area contributed by atoms with Crippen LogP contribution in [0.25, 0.3) is 5.57 Å². The molecular weight excluding hydrogens is 212 g/mol. The highest BCUT2D eigenvalue weighted by Gasteiger charge is 2.13. The molecule has 0 fully saturated rings. The van der Waals surface area contributed by atoms with Gasteiger partial charge in [0, 0.05) is 0 Å². The van der Waals surface area contributed by atoms with Crippen molar-refractivity contribution in [3.8, 4) is 5.75 Å². The van der Waals surface area contributed by atoms with E-state index in [1.807, 2.05) is 30.3 Å². The third-order valence-corrected chi connectivity index (χ3v) is 2.66. The van der Waals surface area contributed by atoms with Gasteiger partial charge in [0.15, 0.2) is 0 Å². The molecule has 0 amide bonds. The molecule has 17 heavy (non-hydrogen) atoms. The molecule has 0 aliphatic heterocycles. The van der Waals surface area contributed by atoms with Crippen molar-refractivity contribution in [3.05, 3.63) is 72.3 Å². The molecule has 2 nitrogen and oxygen atoms in total. The zero-order valence-electron chi connectivity index (χ0n) is 9.38. The molecule has 0 heterocycles. The standard InChI is InChI=1S/C15H14O2/c1-11(12-6-3-2-4-7-12)15(17)13-8-5-9-14(16)10-13/h2-10,15-17H,1H2/t15-/m0/s1. The predicted octanol–water partition coefficient (Wildman–Crippen LogP) is 3.14. The van der Waals surface area contributed by atoms with Gasteiger partial charge >= 0.3 is 0 Å². The second-order valence-electron chi connectivity index (χ2n) is 3.89. The van der Waals surface area contributed by atoms with Crippen molar-refractivity contribution >= 4 is 5.57 Å². The van der Waals surface area contributed by atoms with Crippen LogP contribution in [0.4, 0.5) is 0 Å². The average Bonchev–Trinajstić information content (AvgIpc) is 2.38. The van der Waals surface area contributed by atoms with Crippen molar-refractivity contribution in [2.75, 3.05) is 0 Å². The number of aromatic hydroxyl groups is 1. The van der Waals surface area contributed by atoms with E-state index in [0.717, 1.165) is 5.56 Å². The molecule has 0 bridgehead atoms. The molecule has 2 aromatic carbocycles. The SMILES string of the molecule is C=C(c1ccccc1)[C@H](O)c1cccc(O)c1. The fourth-order valence-electron chi connectivity index (χ4n) is 1.71. The minimum atomic E-state index is -0.801. The Morgan fingerprint density at radius 2 is 1.71 bits per heavy atom. The van der Waals surface area contributed by atoms with Crippen LogP contribution in [0.1, 0.15) is 17.2 Å². The maximum atomic E-state index is 10.2. The summed E-state index contributed by atoms with van der Waals surface area (Å²) in [6.07, 6.45) is -0.801. The Morgan fingerprint density at radius 1 is 1.00 bits per heavy atom. The molecule has 0 aliphatic rings. The summed E-state index contributed by atoms with van der Waals surface area (Å²) in [6.45, 7) is 3.90. The van der Waals surface area contributed by atoms with Crippen LogP contribution in [0.5, 0.6) is 5.75 Å². The Labute approximate surface area is 100 Å². The van der Waals surface area contributed by atoms with Gasteiger partial charge in [-0.25, -0.2) is 0 Å². The third-order valence-electron chi connectivity index (χ3n) is 2.66. The van der Waals surface area contributed by atoms with Gasteiger partial charge in [0.2, 0.25) is 0 Å². The fourth-order valence-corrected chi connectivity index (χ4v) is 1.71. The van der Waals surface area contributed by atoms with Gasteiger partial charge in [-0.15, -0.1) is 0 Å². The van der Waals surface area contributed by atoms with Gasteiger partial charge in [-0.05, 0) is 28.8 Å². The molecule has 0 radical (unpaired) electrons. The van der Waals surface area contributed by atoms with Crippen molar-refractivity contribution in [2.45, 2.75) is 6.10 Å². The molecular formula is C15H14O2. The van der Waals surface area contributed by atoms with E-state index in [9.17, 15) is 10.2 Å². The van der Waals surface area contributed by atoms with Crippen LogP contribution in [0, 0.1) is 0 Å². The van der Waals surface area contributed by atoms with Crippen molar-refractivity contribution in [1.82, 2.24) is 0 Å². The van der Waals surface area contributed by atoms with E-state index in [4.69, 9.17) is 0 Å². The minimum Gasteiger partial charge on any atom is -0.508 e. The Kier molecular flexibility index (Phi) is 3.26. The minimum absolute atomic E-state index is 0.141. The van der Waals surface area contributed by atoms with Gasteiger partial charge in [0.05, 0.1) is 0 Å². The molecule has 0 spiro atoms. The molecule has 2 aromatic rings. The lowest BCUT2D eigenvalue weighted by molar-refractivity contribution is 0.238. The van der Waals surface area contributed by atoms with Crippen molar-refractivity contribution in [3.63, 3.8) is 0 Å². The van der Waals surface area contributed by atoms with Crippen molar-refractivity contribution < 1.29 is 10.2 Å². The van der Waals surface area contributed by atoms with E-state index in [1.165, 1.54) is 0 Å². The van der Waals surface area contributed by atoms with Crippen LogP contribution >= 0.6 is 0 Å². The molecule has 1 atom stereocenters. The number of hydrogen-bond acceptors (Lipinski definition) is 2. The van der Waals surface area contributed by atoms with Gasteiger partial charge in [-0.1, -0.05) is 49.0 Å². The Bertz CT molecular complexity index is 517. The molecule has 86 valence electrons. The first-order valence-electron chi connectivity index (χ1n) is 5.39. The van der Waals surface area contributed by atoms with Crippen LogP contribution < -0.4 is 0 Å². The average molecular weight is 226 g/mol. The molecule has 2 rings (SSSR count). The molecule has 0 aromatic heterocycles. The van der Waals surface area contributed by atoms with Gasteiger partial charge in [-0.3, -0.25) is 0 Å². The molecule has 0 unspecified atom stereocenters. The van der Waals surface area contributed by atoms with E-state index in [1.54, 1.807) is 24.3 Å². The third kappa shape index (κ3) is 2.55. The molecule has 0 saturated heterocycles. The first-order valence-corrected chi connectivity index (χ1v) is 5.39. The van der Waals surface area contributed by atoms with Gasteiger partial charge in [-0.2, -0.15) is 0 Å². The first-order chi connectivity index (χ1) is 8.18. The number of rotatable bonds is 3. The molecule has 2 heteroatoms. The second kappa shape index (κ2) is 4.85. The topological polar surface area (TPSA) is 40.5 Å². The summed E-state index contributed by atoms with van der Waals surface area (Å²) in [4.78, 5) is 0. The van der Waals surface area contributed by atoms with Gasteiger partial charge in [0.1, 0.15) is 11.9 Å². The van der Waals surface area contributed by atoms with E-state index in [2.05, 4.69) is 6.58 Å². The smallest absolute Gasteiger partial charge is 0.115 e. The largest absolute Gasteiger partial charge is 0.508 e. The van der Waals surface area contributed by atoms with Gasteiger partial charge < -0.3 is 10.2 Å². The Morgan fingerprint density at radius 3 is 2.35 bits per heavy atom. The van der Waals surface area contributed by atoms with Gasteiger partial charge in [0.25, 0.3) is 0 Å². The van der Waals surface area contributed by atoms with E-state index in [0.29, 0.717) is 11.1 Å². The molecule has 0 aliphatic carbocycles. The first kappa shape index (κ1) is 11.4. The van der Waals surface area contributed by atoms with Crippen molar-refractivity contribution in [2.24, 2.45) is 0 Å². The predicted molar refractivity (Wildman–Crippen MR) is 68.5 cm³/mol. The quantitative estimate of drug-likeness (QED) is 0.844. The monoisotopic (exact) mass is 226 g/mol. The number of benzene rings is 2. The number of phenols is 1. The maximum Gasteiger partial charge on any atom is 0.115 e. The summed E-state index contributed by atoms with van der Waals surface area (Å²) in [5, 5.41) is 19.5. The Balaban J connectivity index is 2.27. The Hall–Kier alpha value is -2.06. The van der Waals surface area contributed by atoms with Crippen LogP contribution in [-0.2, 0) is 0 Å². The second-order valence-corrected chi connectivity index (χ2v) is 3.89. The number of hydrogen-bond donors (Lipinski definition) is 2. The summed E-state index contributed by atoms with van der Waals surface area (Å²) in [6, 6.07) is 16.1.